The van der Waals surface area contributed by atoms with Crippen LogP contribution in [0.1, 0.15) is 67.7 Å². The number of nitrogens with one attached hydrogen (secondary N) is 2. The van der Waals surface area contributed by atoms with Crippen LogP contribution in [0.3, 0.4) is 0 Å². The van der Waals surface area contributed by atoms with Crippen molar-refractivity contribution in [1.82, 2.24) is 20.4 Å². The largest absolute Gasteiger partial charge is 0.350 e. The number of likely N-dealkylation sites (tertiary alicyclic amines) is 1. The Morgan fingerprint density at radius 2 is 1.61 bits per heavy atom. The summed E-state index contributed by atoms with van der Waals surface area (Å²) in [7, 11) is 3.72. The van der Waals surface area contributed by atoms with E-state index in [9.17, 15) is 14.4 Å². The zero-order chi connectivity index (χ0) is 23.9. The molecule has 0 aliphatic carbocycles. The van der Waals surface area contributed by atoms with Gasteiger partial charge in [0, 0.05) is 18.7 Å². The van der Waals surface area contributed by atoms with E-state index in [2.05, 4.69) is 15.5 Å². The molecule has 0 aromatic heterocycles. The fourth-order valence-electron chi connectivity index (χ4n) is 4.00. The third kappa shape index (κ3) is 7.95. The van der Waals surface area contributed by atoms with Crippen molar-refractivity contribution >= 4 is 17.7 Å². The number of piperidine rings is 1. The summed E-state index contributed by atoms with van der Waals surface area (Å²) in [4.78, 5) is 42.5. The fraction of sp³-hybridized carbons (Fsp3) is 0.792. The monoisotopic (exact) mass is 436 g/mol. The van der Waals surface area contributed by atoms with Crippen molar-refractivity contribution in [3.63, 3.8) is 0 Å². The molecule has 0 radical (unpaired) electrons. The SMILES string of the molecule is C/C(=C\C(C(C)C)N(C)C(=O)C(NC(=O)C1CCCCN1C)C(C)C)C(=O)NC(C)C. The van der Waals surface area contributed by atoms with E-state index in [0.29, 0.717) is 5.57 Å². The minimum atomic E-state index is -0.604. The molecule has 1 aliphatic rings. The van der Waals surface area contributed by atoms with E-state index in [1.807, 2.05) is 54.7 Å². The lowest BCUT2D eigenvalue weighted by molar-refractivity contribution is -0.139. The normalized spacial score (nSPS) is 20.0. The van der Waals surface area contributed by atoms with E-state index in [1.54, 1.807) is 18.9 Å². The van der Waals surface area contributed by atoms with Crippen LogP contribution in [0, 0.1) is 11.8 Å². The van der Waals surface area contributed by atoms with Gasteiger partial charge in [0.1, 0.15) is 6.04 Å². The van der Waals surface area contributed by atoms with Gasteiger partial charge in [0.15, 0.2) is 0 Å². The van der Waals surface area contributed by atoms with Gasteiger partial charge in [-0.2, -0.15) is 0 Å². The third-order valence-corrected chi connectivity index (χ3v) is 5.98. The summed E-state index contributed by atoms with van der Waals surface area (Å²) in [5.74, 6) is -0.269. The summed E-state index contributed by atoms with van der Waals surface area (Å²) in [6, 6.07) is -0.991. The molecule has 178 valence electrons. The first-order valence-corrected chi connectivity index (χ1v) is 11.6. The molecule has 0 bridgehead atoms. The fourth-order valence-corrected chi connectivity index (χ4v) is 4.00. The molecule has 1 fully saturated rings. The highest BCUT2D eigenvalue weighted by atomic mass is 16.2. The van der Waals surface area contributed by atoms with Crippen molar-refractivity contribution in [2.75, 3.05) is 20.6 Å². The number of carbonyl (C=O) groups is 3. The van der Waals surface area contributed by atoms with Crippen molar-refractivity contribution in [2.24, 2.45) is 11.8 Å². The van der Waals surface area contributed by atoms with Crippen LogP contribution in [-0.4, -0.2) is 72.3 Å². The Labute approximate surface area is 189 Å². The molecular formula is C24H44N4O3. The Balaban J connectivity index is 3.01. The van der Waals surface area contributed by atoms with Gasteiger partial charge in [-0.3, -0.25) is 19.3 Å². The number of hydrogen-bond donors (Lipinski definition) is 2. The van der Waals surface area contributed by atoms with Crippen LogP contribution in [0.15, 0.2) is 11.6 Å². The molecule has 31 heavy (non-hydrogen) atoms. The molecule has 2 N–H and O–H groups in total. The molecule has 3 amide bonds. The molecule has 1 saturated heterocycles. The second-order valence-corrected chi connectivity index (χ2v) is 9.88. The van der Waals surface area contributed by atoms with E-state index in [-0.39, 0.29) is 47.7 Å². The number of carbonyl (C=O) groups excluding carboxylic acids is 3. The Hall–Kier alpha value is -1.89. The predicted molar refractivity (Wildman–Crippen MR) is 125 cm³/mol. The van der Waals surface area contributed by atoms with Gasteiger partial charge in [-0.05, 0) is 59.0 Å². The van der Waals surface area contributed by atoms with Crippen LogP contribution in [0.25, 0.3) is 0 Å². The Morgan fingerprint density at radius 3 is 2.10 bits per heavy atom. The number of rotatable bonds is 9. The van der Waals surface area contributed by atoms with Gasteiger partial charge in [0.2, 0.25) is 17.7 Å². The van der Waals surface area contributed by atoms with Crippen LogP contribution in [0.2, 0.25) is 0 Å². The number of amides is 3. The van der Waals surface area contributed by atoms with Crippen LogP contribution in [-0.2, 0) is 14.4 Å². The highest BCUT2D eigenvalue weighted by Gasteiger charge is 2.34. The van der Waals surface area contributed by atoms with Gasteiger partial charge >= 0.3 is 0 Å². The van der Waals surface area contributed by atoms with E-state index in [4.69, 9.17) is 0 Å². The summed E-state index contributed by atoms with van der Waals surface area (Å²) in [5, 5.41) is 5.91. The Kier molecular flexibility index (Phi) is 10.7. The third-order valence-electron chi connectivity index (χ3n) is 5.98. The average molecular weight is 437 g/mol. The molecule has 3 unspecified atom stereocenters. The Morgan fingerprint density at radius 1 is 1.00 bits per heavy atom. The average Bonchev–Trinajstić information content (AvgIpc) is 2.68. The molecular weight excluding hydrogens is 392 g/mol. The smallest absolute Gasteiger partial charge is 0.246 e. The Bertz CT molecular complexity index is 657. The van der Waals surface area contributed by atoms with Crippen LogP contribution >= 0.6 is 0 Å². The highest BCUT2D eigenvalue weighted by Crippen LogP contribution is 2.19. The number of nitrogens with zero attached hydrogens (tertiary/aromatic N) is 2. The van der Waals surface area contributed by atoms with E-state index < -0.39 is 6.04 Å². The molecule has 7 nitrogen and oxygen atoms in total. The molecule has 1 aliphatic heterocycles. The first-order valence-electron chi connectivity index (χ1n) is 11.6. The summed E-state index contributed by atoms with van der Waals surface area (Å²) in [6.45, 7) is 14.5. The van der Waals surface area contributed by atoms with Crippen LogP contribution in [0.4, 0.5) is 0 Å². The molecule has 0 aromatic rings. The van der Waals surface area contributed by atoms with E-state index >= 15 is 0 Å². The van der Waals surface area contributed by atoms with Crippen molar-refractivity contribution in [1.29, 1.82) is 0 Å². The number of likely N-dealkylation sites (N-methyl/N-ethyl adjacent to an activating group) is 2. The van der Waals surface area contributed by atoms with Gasteiger partial charge in [-0.25, -0.2) is 0 Å². The minimum absolute atomic E-state index is 0.0464. The van der Waals surface area contributed by atoms with Crippen LogP contribution in [0.5, 0.6) is 0 Å². The first kappa shape index (κ1) is 27.1. The summed E-state index contributed by atoms with van der Waals surface area (Å²) >= 11 is 0. The molecule has 3 atom stereocenters. The van der Waals surface area contributed by atoms with Crippen molar-refractivity contribution < 1.29 is 14.4 Å². The lowest BCUT2D eigenvalue weighted by atomic mass is 9.96. The maximum atomic E-state index is 13.4. The van der Waals surface area contributed by atoms with Gasteiger partial charge in [0.25, 0.3) is 0 Å². The second kappa shape index (κ2) is 12.2. The van der Waals surface area contributed by atoms with E-state index in [0.717, 1.165) is 25.8 Å². The molecule has 7 heteroatoms. The standard InChI is InChI=1S/C24H44N4O3/c1-15(2)20(14-18(7)22(29)25-17(5)6)28(9)24(31)21(16(3)4)26-23(30)19-12-10-11-13-27(19)8/h14-17,19-21H,10-13H2,1-9H3,(H,25,29)(H,26,30)/b18-14+. The summed E-state index contributed by atoms with van der Waals surface area (Å²) < 4.78 is 0. The molecule has 0 aromatic carbocycles. The highest BCUT2D eigenvalue weighted by molar-refractivity contribution is 5.93. The summed E-state index contributed by atoms with van der Waals surface area (Å²) in [5.41, 5.74) is 0.584. The van der Waals surface area contributed by atoms with Crippen molar-refractivity contribution in [3.8, 4) is 0 Å². The topological polar surface area (TPSA) is 81.8 Å². The van der Waals surface area contributed by atoms with E-state index in [1.165, 1.54) is 0 Å². The van der Waals surface area contributed by atoms with Crippen LogP contribution < -0.4 is 10.6 Å². The molecule has 1 rings (SSSR count). The van der Waals surface area contributed by atoms with Gasteiger partial charge in [0.05, 0.1) is 12.1 Å². The lowest BCUT2D eigenvalue weighted by Crippen LogP contribution is -2.57. The van der Waals surface area contributed by atoms with Gasteiger partial charge in [-0.15, -0.1) is 0 Å². The maximum absolute atomic E-state index is 13.4. The van der Waals surface area contributed by atoms with Gasteiger partial charge < -0.3 is 15.5 Å². The first-order chi connectivity index (χ1) is 14.4. The van der Waals surface area contributed by atoms with Crippen molar-refractivity contribution in [2.45, 2.75) is 91.9 Å². The predicted octanol–water partition coefficient (Wildman–Crippen LogP) is 2.57. The zero-order valence-electron chi connectivity index (χ0n) is 21.0. The van der Waals surface area contributed by atoms with Gasteiger partial charge in [-0.1, -0.05) is 40.2 Å². The molecule has 0 saturated carbocycles. The quantitative estimate of drug-likeness (QED) is 0.544. The minimum Gasteiger partial charge on any atom is -0.350 e. The molecule has 1 heterocycles. The zero-order valence-corrected chi connectivity index (χ0v) is 21.0. The maximum Gasteiger partial charge on any atom is 0.246 e. The second-order valence-electron chi connectivity index (χ2n) is 9.88. The lowest BCUT2D eigenvalue weighted by Gasteiger charge is -2.36. The molecule has 0 spiro atoms. The summed E-state index contributed by atoms with van der Waals surface area (Å²) in [6.07, 6.45) is 4.80. The van der Waals surface area contributed by atoms with Crippen molar-refractivity contribution in [3.05, 3.63) is 11.6 Å². The number of hydrogen-bond acceptors (Lipinski definition) is 4.